The van der Waals surface area contributed by atoms with Crippen LogP contribution in [0, 0.1) is 6.92 Å². The van der Waals surface area contributed by atoms with Gasteiger partial charge < -0.3 is 9.88 Å². The predicted octanol–water partition coefficient (Wildman–Crippen LogP) is 15.7. The summed E-state index contributed by atoms with van der Waals surface area (Å²) in [5, 5.41) is 8.73. The Morgan fingerprint density at radius 2 is 0.953 bits per heavy atom. The molecule has 0 radical (unpaired) electrons. The van der Waals surface area contributed by atoms with Crippen LogP contribution in [0.1, 0.15) is 5.56 Å². The topological polar surface area (TPSA) is 55.6 Å². The SMILES string of the molecule is Cc1ccccc1-c1ccccc1Nc1cc(-c2cc(-c3nc(-c4ccccc4)nc(-c4ccccc4)n3)c3sc4ccccc4c3c2)cc(-n2c3ccccc3c3ccccc32)c1. The van der Waals surface area contributed by atoms with Crippen molar-refractivity contribution in [1.29, 1.82) is 0 Å². The molecule has 0 aliphatic rings. The third-order valence-electron chi connectivity index (χ3n) is 12.1. The Kier molecular flexibility index (Phi) is 9.17. The predicted molar refractivity (Wildman–Crippen MR) is 269 cm³/mol. The van der Waals surface area contributed by atoms with Crippen molar-refractivity contribution in [3.63, 3.8) is 0 Å². The molecule has 0 aliphatic carbocycles. The normalized spacial score (nSPS) is 11.5. The van der Waals surface area contributed by atoms with Gasteiger partial charge in [-0.3, -0.25) is 0 Å². The van der Waals surface area contributed by atoms with Gasteiger partial charge in [0.1, 0.15) is 0 Å². The molecule has 3 aromatic heterocycles. The van der Waals surface area contributed by atoms with E-state index < -0.39 is 0 Å². The highest BCUT2D eigenvalue weighted by Crippen LogP contribution is 2.44. The molecule has 12 aromatic rings. The molecule has 0 unspecified atom stereocenters. The maximum absolute atomic E-state index is 5.27. The number of benzene rings is 9. The van der Waals surface area contributed by atoms with Crippen LogP contribution in [0.15, 0.2) is 212 Å². The molecule has 0 atom stereocenters. The van der Waals surface area contributed by atoms with E-state index >= 15 is 0 Å². The molecule has 0 saturated carbocycles. The maximum Gasteiger partial charge on any atom is 0.165 e. The molecule has 0 fully saturated rings. The maximum atomic E-state index is 5.27. The van der Waals surface area contributed by atoms with Crippen molar-refractivity contribution < 1.29 is 0 Å². The number of aryl methyl sites for hydroxylation is 1. The van der Waals surface area contributed by atoms with Crippen LogP contribution in [0.5, 0.6) is 0 Å². The molecule has 9 aromatic carbocycles. The van der Waals surface area contributed by atoms with Crippen LogP contribution in [-0.2, 0) is 0 Å². The lowest BCUT2D eigenvalue weighted by Gasteiger charge is -2.18. The first kappa shape index (κ1) is 37.6. The fourth-order valence-electron chi connectivity index (χ4n) is 9.13. The van der Waals surface area contributed by atoms with Gasteiger partial charge in [0, 0.05) is 70.3 Å². The van der Waals surface area contributed by atoms with Crippen molar-refractivity contribution in [3.05, 3.63) is 218 Å². The smallest absolute Gasteiger partial charge is 0.165 e. The molecule has 0 saturated heterocycles. The largest absolute Gasteiger partial charge is 0.355 e. The number of hydrogen-bond acceptors (Lipinski definition) is 5. The van der Waals surface area contributed by atoms with Crippen LogP contribution < -0.4 is 5.32 Å². The van der Waals surface area contributed by atoms with Gasteiger partial charge in [-0.1, -0.05) is 158 Å². The van der Waals surface area contributed by atoms with Gasteiger partial charge in [0.15, 0.2) is 17.5 Å². The molecule has 0 aliphatic heterocycles. The highest BCUT2D eigenvalue weighted by Gasteiger charge is 2.20. The summed E-state index contributed by atoms with van der Waals surface area (Å²) in [6.45, 7) is 2.17. The summed E-state index contributed by atoms with van der Waals surface area (Å²) < 4.78 is 4.75. The molecule has 1 N–H and O–H groups in total. The monoisotopic (exact) mass is 837 g/mol. The number of aromatic nitrogens is 4. The van der Waals surface area contributed by atoms with Gasteiger partial charge >= 0.3 is 0 Å². The van der Waals surface area contributed by atoms with E-state index in [9.17, 15) is 0 Å². The number of nitrogens with zero attached hydrogens (tertiary/aromatic N) is 4. The molecule has 0 spiro atoms. The average Bonchev–Trinajstić information content (AvgIpc) is 3.90. The zero-order chi connectivity index (χ0) is 42.6. The van der Waals surface area contributed by atoms with Crippen LogP contribution in [0.4, 0.5) is 11.4 Å². The van der Waals surface area contributed by atoms with Crippen molar-refractivity contribution in [2.75, 3.05) is 5.32 Å². The average molecular weight is 838 g/mol. The molecular formula is C58H39N5S. The second-order valence-electron chi connectivity index (χ2n) is 16.2. The third-order valence-corrected chi connectivity index (χ3v) is 13.4. The van der Waals surface area contributed by atoms with Gasteiger partial charge in [0.05, 0.1) is 11.0 Å². The summed E-state index contributed by atoms with van der Waals surface area (Å²) in [7, 11) is 0. The van der Waals surface area contributed by atoms with E-state index in [1.165, 1.54) is 32.0 Å². The quantitative estimate of drug-likeness (QED) is 0.166. The summed E-state index contributed by atoms with van der Waals surface area (Å²) >= 11 is 1.78. The van der Waals surface area contributed by atoms with Gasteiger partial charge in [-0.05, 0) is 83.8 Å². The number of anilines is 2. The van der Waals surface area contributed by atoms with E-state index in [2.05, 4.69) is 193 Å². The number of fused-ring (bicyclic) bond motifs is 6. The van der Waals surface area contributed by atoms with Crippen molar-refractivity contribution in [2.45, 2.75) is 6.92 Å². The summed E-state index contributed by atoms with van der Waals surface area (Å²) in [5.74, 6) is 1.91. The van der Waals surface area contributed by atoms with Gasteiger partial charge in [-0.2, -0.15) is 0 Å². The Bertz CT molecular complexity index is 3610. The first-order chi connectivity index (χ1) is 31.6. The van der Waals surface area contributed by atoms with Crippen LogP contribution in [0.2, 0.25) is 0 Å². The molecule has 3 heterocycles. The molecule has 64 heavy (non-hydrogen) atoms. The van der Waals surface area contributed by atoms with E-state index in [0.717, 1.165) is 71.6 Å². The minimum atomic E-state index is 0.634. The second kappa shape index (κ2) is 15.6. The number of hydrogen-bond donors (Lipinski definition) is 1. The summed E-state index contributed by atoms with van der Waals surface area (Å²) in [6.07, 6.45) is 0. The molecular weight excluding hydrogens is 799 g/mol. The number of para-hydroxylation sites is 3. The van der Waals surface area contributed by atoms with Crippen LogP contribution in [0.3, 0.4) is 0 Å². The summed E-state index contributed by atoms with van der Waals surface area (Å²) in [4.78, 5) is 15.6. The van der Waals surface area contributed by atoms with E-state index in [4.69, 9.17) is 15.0 Å². The van der Waals surface area contributed by atoms with Crippen LogP contribution in [0.25, 0.3) is 104 Å². The Labute approximate surface area is 374 Å². The van der Waals surface area contributed by atoms with Crippen molar-refractivity contribution >= 4 is 64.7 Å². The minimum Gasteiger partial charge on any atom is -0.355 e. The number of rotatable bonds is 8. The Hall–Kier alpha value is -8.19. The molecule has 0 amide bonds. The van der Waals surface area contributed by atoms with E-state index in [1.54, 1.807) is 11.3 Å². The zero-order valence-corrected chi connectivity index (χ0v) is 35.7. The fraction of sp³-hybridized carbons (Fsp3) is 0.0172. The Morgan fingerprint density at radius 3 is 1.64 bits per heavy atom. The lowest BCUT2D eigenvalue weighted by atomic mass is 9.97. The molecule has 0 bridgehead atoms. The van der Waals surface area contributed by atoms with Crippen molar-refractivity contribution in [1.82, 2.24) is 19.5 Å². The molecule has 6 heteroatoms. The first-order valence-corrected chi connectivity index (χ1v) is 22.3. The summed E-state index contributed by atoms with van der Waals surface area (Å²) in [6, 6.07) is 75.2. The van der Waals surface area contributed by atoms with Crippen molar-refractivity contribution in [2.24, 2.45) is 0 Å². The molecule has 5 nitrogen and oxygen atoms in total. The summed E-state index contributed by atoms with van der Waals surface area (Å²) in [5.41, 5.74) is 13.9. The second-order valence-corrected chi connectivity index (χ2v) is 17.2. The van der Waals surface area contributed by atoms with Crippen molar-refractivity contribution in [3.8, 4) is 62.1 Å². The van der Waals surface area contributed by atoms with Crippen LogP contribution in [-0.4, -0.2) is 19.5 Å². The fourth-order valence-corrected chi connectivity index (χ4v) is 10.3. The zero-order valence-electron chi connectivity index (χ0n) is 34.9. The van der Waals surface area contributed by atoms with E-state index in [1.807, 2.05) is 36.4 Å². The Balaban J connectivity index is 1.12. The number of nitrogens with one attached hydrogen (secondary N) is 1. The van der Waals surface area contributed by atoms with Gasteiger partial charge in [0.2, 0.25) is 0 Å². The Morgan fingerprint density at radius 1 is 0.406 bits per heavy atom. The lowest BCUT2D eigenvalue weighted by Crippen LogP contribution is -2.01. The van der Waals surface area contributed by atoms with Gasteiger partial charge in [0.25, 0.3) is 0 Å². The van der Waals surface area contributed by atoms with Crippen LogP contribution >= 0.6 is 11.3 Å². The van der Waals surface area contributed by atoms with E-state index in [0.29, 0.717) is 17.5 Å². The van der Waals surface area contributed by atoms with E-state index in [-0.39, 0.29) is 0 Å². The first-order valence-electron chi connectivity index (χ1n) is 21.5. The standard InChI is InChI=1S/C58H39N5S/c1-37-18-8-9-23-44(37)45-24-10-14-28-51(45)59-42-32-40(33-43(36-42)63-52-29-15-11-25-46(52)47-26-12-16-30-53(47)63)41-34-49-48-27-13-17-31-54(48)64-55(49)50(35-41)58-61-56(38-19-4-2-5-20-38)60-57(62-58)39-21-6-3-7-22-39/h2-36,59H,1H3. The highest BCUT2D eigenvalue weighted by molar-refractivity contribution is 7.26. The number of thiophene rings is 1. The minimum absolute atomic E-state index is 0.634. The lowest BCUT2D eigenvalue weighted by molar-refractivity contribution is 1.08. The van der Waals surface area contributed by atoms with Gasteiger partial charge in [-0.15, -0.1) is 11.3 Å². The highest BCUT2D eigenvalue weighted by atomic mass is 32.1. The molecule has 302 valence electrons. The molecule has 12 rings (SSSR count). The van der Waals surface area contributed by atoms with Gasteiger partial charge in [-0.25, -0.2) is 15.0 Å². The third kappa shape index (κ3) is 6.60.